The van der Waals surface area contributed by atoms with Crippen molar-refractivity contribution in [1.29, 1.82) is 0 Å². The van der Waals surface area contributed by atoms with Gasteiger partial charge in [0.2, 0.25) is 0 Å². The van der Waals surface area contributed by atoms with E-state index in [4.69, 9.17) is 4.74 Å². The first kappa shape index (κ1) is 17.8. The first-order chi connectivity index (χ1) is 11.4. The summed E-state index contributed by atoms with van der Waals surface area (Å²) < 4.78 is 30.3. The average Bonchev–Trinajstić information content (AvgIpc) is 2.56. The lowest BCUT2D eigenvalue weighted by atomic mass is 10.2. The molecule has 2 rings (SSSR count). The van der Waals surface area contributed by atoms with Gasteiger partial charge >= 0.3 is 5.97 Å². The van der Waals surface area contributed by atoms with Gasteiger partial charge in [0.25, 0.3) is 5.91 Å². The zero-order chi connectivity index (χ0) is 17.7. The second-order valence-corrected chi connectivity index (χ2v) is 6.31. The minimum Gasteiger partial charge on any atom is -0.449 e. The van der Waals surface area contributed by atoms with Gasteiger partial charge in [-0.05, 0) is 31.2 Å². The number of esters is 1. The van der Waals surface area contributed by atoms with E-state index in [0.717, 1.165) is 0 Å². The smallest absolute Gasteiger partial charge is 0.340 e. The molecule has 7 heteroatoms. The largest absolute Gasteiger partial charge is 0.449 e. The molecule has 0 bridgehead atoms. The van der Waals surface area contributed by atoms with Crippen LogP contribution in [-0.2, 0) is 20.3 Å². The van der Waals surface area contributed by atoms with Crippen LogP contribution in [0.15, 0.2) is 53.4 Å². The first-order valence-electron chi connectivity index (χ1n) is 7.09. The van der Waals surface area contributed by atoms with Crippen molar-refractivity contribution in [2.45, 2.75) is 17.9 Å². The van der Waals surface area contributed by atoms with Crippen molar-refractivity contribution in [2.24, 2.45) is 0 Å². The number of benzene rings is 2. The lowest BCUT2D eigenvalue weighted by Gasteiger charge is -2.14. The molecule has 0 spiro atoms. The molecule has 1 N–H and O–H groups in total. The van der Waals surface area contributed by atoms with Gasteiger partial charge in [0.15, 0.2) is 6.10 Å². The van der Waals surface area contributed by atoms with Gasteiger partial charge in [0, 0.05) is 6.26 Å². The van der Waals surface area contributed by atoms with Crippen LogP contribution in [0.2, 0.25) is 0 Å². The number of nitrogens with one attached hydrogen (secondary N) is 1. The molecule has 0 radical (unpaired) electrons. The zero-order valence-electron chi connectivity index (χ0n) is 13.1. The van der Waals surface area contributed by atoms with E-state index in [-0.39, 0.29) is 11.3 Å². The number of rotatable bonds is 5. The number of ether oxygens (including phenoxy) is 1. The topological polar surface area (TPSA) is 72.5 Å². The summed E-state index contributed by atoms with van der Waals surface area (Å²) in [5.74, 6) is -2.02. The summed E-state index contributed by atoms with van der Waals surface area (Å²) in [6.45, 7) is 1.37. The van der Waals surface area contributed by atoms with Gasteiger partial charge in [-0.2, -0.15) is 0 Å². The fourth-order valence-electron chi connectivity index (χ4n) is 1.96. The molecule has 0 aliphatic carbocycles. The van der Waals surface area contributed by atoms with E-state index in [1.165, 1.54) is 37.4 Å². The van der Waals surface area contributed by atoms with E-state index in [1.54, 1.807) is 24.3 Å². The summed E-state index contributed by atoms with van der Waals surface area (Å²) in [7, 11) is -1.37. The highest BCUT2D eigenvalue weighted by Gasteiger charge is 2.22. The van der Waals surface area contributed by atoms with Crippen LogP contribution in [0.3, 0.4) is 0 Å². The highest BCUT2D eigenvalue weighted by molar-refractivity contribution is 7.84. The monoisotopic (exact) mass is 349 g/mol. The maximum Gasteiger partial charge on any atom is 0.340 e. The van der Waals surface area contributed by atoms with Crippen molar-refractivity contribution in [2.75, 3.05) is 11.6 Å². The van der Waals surface area contributed by atoms with Gasteiger partial charge in [-0.3, -0.25) is 9.00 Å². The fraction of sp³-hybridized carbons (Fsp3) is 0.176. The van der Waals surface area contributed by atoms with Crippen molar-refractivity contribution >= 4 is 28.4 Å². The molecule has 0 aliphatic heterocycles. The van der Waals surface area contributed by atoms with Crippen LogP contribution < -0.4 is 5.32 Å². The molecule has 0 aliphatic rings. The third-order valence-electron chi connectivity index (χ3n) is 3.20. The second kappa shape index (κ2) is 7.83. The molecule has 0 unspecified atom stereocenters. The van der Waals surface area contributed by atoms with Gasteiger partial charge in [-0.25, -0.2) is 9.18 Å². The molecule has 2 aromatic rings. The molecule has 0 saturated carbocycles. The molecule has 2 atom stereocenters. The van der Waals surface area contributed by atoms with Crippen molar-refractivity contribution in [1.82, 2.24) is 0 Å². The highest BCUT2D eigenvalue weighted by atomic mass is 32.2. The molecular weight excluding hydrogens is 333 g/mol. The Morgan fingerprint density at radius 3 is 2.42 bits per heavy atom. The van der Waals surface area contributed by atoms with E-state index < -0.39 is 34.6 Å². The van der Waals surface area contributed by atoms with E-state index >= 15 is 0 Å². The van der Waals surface area contributed by atoms with E-state index in [1.807, 2.05) is 0 Å². The van der Waals surface area contributed by atoms with Crippen LogP contribution in [0, 0.1) is 5.82 Å². The number of anilines is 1. The van der Waals surface area contributed by atoms with Gasteiger partial charge in [0.05, 0.1) is 26.9 Å². The summed E-state index contributed by atoms with van der Waals surface area (Å²) in [5, 5.41) is 2.35. The third kappa shape index (κ3) is 4.26. The second-order valence-electron chi connectivity index (χ2n) is 4.97. The molecule has 24 heavy (non-hydrogen) atoms. The Labute approximate surface area is 141 Å². The minimum absolute atomic E-state index is 0.000427. The molecule has 1 amide bonds. The van der Waals surface area contributed by atoms with E-state index in [0.29, 0.717) is 4.90 Å². The number of halogens is 1. The van der Waals surface area contributed by atoms with Gasteiger partial charge in [0.1, 0.15) is 5.82 Å². The Bertz CT molecular complexity index is 794. The number of para-hydroxylation sites is 1. The average molecular weight is 349 g/mol. The molecule has 126 valence electrons. The summed E-state index contributed by atoms with van der Waals surface area (Å²) in [6, 6.07) is 12.0. The quantitative estimate of drug-likeness (QED) is 0.843. The van der Waals surface area contributed by atoms with Crippen LogP contribution in [-0.4, -0.2) is 28.4 Å². The van der Waals surface area contributed by atoms with Crippen molar-refractivity contribution in [3.8, 4) is 0 Å². The standard InChI is InChI=1S/C17H16FNO4S/c1-11(16(20)19-14-9-5-4-8-13(14)18)23-17(21)12-7-3-6-10-15(12)24(2)22/h3-11H,1-2H3,(H,19,20)/t11-,24-/m1/s1. The molecule has 0 heterocycles. The maximum absolute atomic E-state index is 13.5. The maximum atomic E-state index is 13.5. The van der Waals surface area contributed by atoms with Crippen LogP contribution in [0.1, 0.15) is 17.3 Å². The SMILES string of the molecule is C[C@@H](OC(=O)c1ccccc1[S@@](C)=O)C(=O)Nc1ccccc1F. The molecule has 2 aromatic carbocycles. The lowest BCUT2D eigenvalue weighted by Crippen LogP contribution is -2.30. The summed E-state index contributed by atoms with van der Waals surface area (Å²) >= 11 is 0. The Morgan fingerprint density at radius 1 is 1.12 bits per heavy atom. The molecule has 0 saturated heterocycles. The van der Waals surface area contributed by atoms with Crippen molar-refractivity contribution in [3.63, 3.8) is 0 Å². The Hall–Kier alpha value is -2.54. The van der Waals surface area contributed by atoms with Crippen LogP contribution >= 0.6 is 0 Å². The Kier molecular flexibility index (Phi) is 5.81. The number of hydrogen-bond acceptors (Lipinski definition) is 4. The Balaban J connectivity index is 2.08. The van der Waals surface area contributed by atoms with Gasteiger partial charge < -0.3 is 10.1 Å². The van der Waals surface area contributed by atoms with Gasteiger partial charge in [-0.1, -0.05) is 24.3 Å². The number of amides is 1. The number of carbonyl (C=O) groups excluding carboxylic acids is 2. The fourth-order valence-corrected chi connectivity index (χ4v) is 2.69. The predicted octanol–water partition coefficient (Wildman–Crippen LogP) is 2.75. The lowest BCUT2D eigenvalue weighted by molar-refractivity contribution is -0.123. The molecule has 0 aromatic heterocycles. The molecule has 5 nitrogen and oxygen atoms in total. The van der Waals surface area contributed by atoms with Crippen LogP contribution in [0.5, 0.6) is 0 Å². The summed E-state index contributed by atoms with van der Waals surface area (Å²) in [4.78, 5) is 24.6. The third-order valence-corrected chi connectivity index (χ3v) is 4.18. The summed E-state index contributed by atoms with van der Waals surface area (Å²) in [5.41, 5.74) is 0.129. The summed E-state index contributed by atoms with van der Waals surface area (Å²) in [6.07, 6.45) is 0.302. The highest BCUT2D eigenvalue weighted by Crippen LogP contribution is 2.16. The van der Waals surface area contributed by atoms with Gasteiger partial charge in [-0.15, -0.1) is 0 Å². The number of carbonyl (C=O) groups is 2. The zero-order valence-corrected chi connectivity index (χ0v) is 13.9. The molecular formula is C17H16FNO4S. The number of hydrogen-bond donors (Lipinski definition) is 1. The van der Waals surface area contributed by atoms with Crippen molar-refractivity contribution < 1.29 is 22.9 Å². The Morgan fingerprint density at radius 2 is 1.75 bits per heavy atom. The van der Waals surface area contributed by atoms with E-state index in [9.17, 15) is 18.2 Å². The van der Waals surface area contributed by atoms with Crippen LogP contribution in [0.25, 0.3) is 0 Å². The molecule has 0 fully saturated rings. The normalized spacial score (nSPS) is 13.0. The predicted molar refractivity (Wildman–Crippen MR) is 88.7 cm³/mol. The van der Waals surface area contributed by atoms with Crippen molar-refractivity contribution in [3.05, 3.63) is 59.9 Å². The van der Waals surface area contributed by atoms with E-state index in [2.05, 4.69) is 5.32 Å². The van der Waals surface area contributed by atoms with Crippen LogP contribution in [0.4, 0.5) is 10.1 Å². The minimum atomic E-state index is -1.37. The first-order valence-corrected chi connectivity index (χ1v) is 8.64.